The summed E-state index contributed by atoms with van der Waals surface area (Å²) in [5, 5.41) is 2.87. The average Bonchev–Trinajstić information content (AvgIpc) is 2.77. The van der Waals surface area contributed by atoms with Crippen molar-refractivity contribution in [3.63, 3.8) is 0 Å². The van der Waals surface area contributed by atoms with E-state index in [2.05, 4.69) is 10.3 Å². The molecule has 0 aromatic carbocycles. The van der Waals surface area contributed by atoms with Crippen LogP contribution in [0.15, 0.2) is 34.9 Å². The van der Waals surface area contributed by atoms with Crippen molar-refractivity contribution in [2.75, 3.05) is 5.73 Å². The van der Waals surface area contributed by atoms with Gasteiger partial charge in [-0.25, -0.2) is 4.98 Å². The number of hydrogen-bond donors (Lipinski definition) is 2. The Kier molecular flexibility index (Phi) is 3.30. The van der Waals surface area contributed by atoms with Crippen molar-refractivity contribution in [2.45, 2.75) is 6.54 Å². The molecular weight excluding hydrogens is 242 g/mol. The molecule has 6 heteroatoms. The van der Waals surface area contributed by atoms with Gasteiger partial charge in [0.25, 0.3) is 5.91 Å². The molecule has 0 fully saturated rings. The van der Waals surface area contributed by atoms with E-state index in [4.69, 9.17) is 21.8 Å². The first-order valence-electron chi connectivity index (χ1n) is 4.89. The molecule has 1 amide bonds. The minimum absolute atomic E-state index is 0.188. The van der Waals surface area contributed by atoms with Crippen LogP contribution in [0.5, 0.6) is 0 Å². The minimum Gasteiger partial charge on any atom is -0.467 e. The Bertz CT molecular complexity index is 505. The Labute approximate surface area is 103 Å². The van der Waals surface area contributed by atoms with Crippen LogP contribution >= 0.6 is 11.6 Å². The Morgan fingerprint density at radius 3 is 3.00 bits per heavy atom. The van der Waals surface area contributed by atoms with Gasteiger partial charge in [-0.1, -0.05) is 11.6 Å². The lowest BCUT2D eigenvalue weighted by molar-refractivity contribution is 0.0948. The molecule has 0 aliphatic carbocycles. The van der Waals surface area contributed by atoms with Crippen LogP contribution in [0.3, 0.4) is 0 Å². The molecule has 0 unspecified atom stereocenters. The van der Waals surface area contributed by atoms with Crippen LogP contribution < -0.4 is 11.1 Å². The van der Waals surface area contributed by atoms with E-state index in [9.17, 15) is 4.79 Å². The molecule has 0 atom stereocenters. The number of carbonyl (C=O) groups is 1. The van der Waals surface area contributed by atoms with Crippen molar-refractivity contribution >= 4 is 23.3 Å². The number of carbonyl (C=O) groups excluding carboxylic acids is 1. The molecule has 17 heavy (non-hydrogen) atoms. The predicted molar refractivity (Wildman–Crippen MR) is 63.5 cm³/mol. The van der Waals surface area contributed by atoms with Gasteiger partial charge < -0.3 is 15.5 Å². The van der Waals surface area contributed by atoms with Gasteiger partial charge in [0.15, 0.2) is 0 Å². The van der Waals surface area contributed by atoms with E-state index < -0.39 is 0 Å². The fraction of sp³-hybridized carbons (Fsp3) is 0.0909. The van der Waals surface area contributed by atoms with Gasteiger partial charge in [-0.3, -0.25) is 4.79 Å². The number of nitrogens with zero attached hydrogens (tertiary/aromatic N) is 1. The summed E-state index contributed by atoms with van der Waals surface area (Å²) in [6.45, 7) is 0.311. The first kappa shape index (κ1) is 11.5. The van der Waals surface area contributed by atoms with Crippen LogP contribution in [0.2, 0.25) is 5.15 Å². The van der Waals surface area contributed by atoms with E-state index in [0.29, 0.717) is 17.9 Å². The molecule has 3 N–H and O–H groups in total. The van der Waals surface area contributed by atoms with Gasteiger partial charge >= 0.3 is 0 Å². The zero-order chi connectivity index (χ0) is 12.3. The van der Waals surface area contributed by atoms with Crippen LogP contribution in [0.4, 0.5) is 5.82 Å². The third kappa shape index (κ3) is 2.98. The number of hydrogen-bond acceptors (Lipinski definition) is 4. The first-order chi connectivity index (χ1) is 8.15. The van der Waals surface area contributed by atoms with E-state index in [-0.39, 0.29) is 16.9 Å². The number of aromatic nitrogens is 1. The Balaban J connectivity index is 2.04. The molecule has 0 bridgehead atoms. The van der Waals surface area contributed by atoms with E-state index in [0.717, 1.165) is 0 Å². The Morgan fingerprint density at radius 2 is 2.35 bits per heavy atom. The van der Waals surface area contributed by atoms with Crippen molar-refractivity contribution in [3.05, 3.63) is 47.0 Å². The third-order valence-corrected chi connectivity index (χ3v) is 2.27. The molecule has 2 heterocycles. The summed E-state index contributed by atoms with van der Waals surface area (Å²) in [4.78, 5) is 15.5. The van der Waals surface area contributed by atoms with Crippen LogP contribution in [0, 0.1) is 0 Å². The summed E-state index contributed by atoms with van der Waals surface area (Å²) in [5.74, 6) is 0.601. The average molecular weight is 252 g/mol. The normalized spacial score (nSPS) is 10.2. The maximum atomic E-state index is 11.7. The van der Waals surface area contributed by atoms with Crippen LogP contribution in [0.25, 0.3) is 0 Å². The van der Waals surface area contributed by atoms with Gasteiger partial charge in [0, 0.05) is 5.56 Å². The predicted octanol–water partition coefficient (Wildman–Crippen LogP) is 1.84. The molecule has 0 saturated carbocycles. The molecule has 2 aromatic rings. The lowest BCUT2D eigenvalue weighted by Crippen LogP contribution is -2.22. The highest BCUT2D eigenvalue weighted by atomic mass is 35.5. The number of pyridine rings is 1. The number of anilines is 1. The SMILES string of the molecule is Nc1cc(C(=O)NCc2ccco2)cc(Cl)n1. The van der Waals surface area contributed by atoms with Crippen LogP contribution in [-0.4, -0.2) is 10.9 Å². The first-order valence-corrected chi connectivity index (χ1v) is 5.26. The summed E-state index contributed by atoms with van der Waals surface area (Å²) < 4.78 is 5.09. The lowest BCUT2D eigenvalue weighted by atomic mass is 10.2. The van der Waals surface area contributed by atoms with Crippen molar-refractivity contribution in [3.8, 4) is 0 Å². The van der Waals surface area contributed by atoms with Gasteiger partial charge in [0.2, 0.25) is 0 Å². The Morgan fingerprint density at radius 1 is 1.53 bits per heavy atom. The molecule has 2 aromatic heterocycles. The number of rotatable bonds is 3. The molecule has 0 spiro atoms. The van der Waals surface area contributed by atoms with Gasteiger partial charge in [0.1, 0.15) is 16.7 Å². The number of nitrogens with two attached hydrogens (primary N) is 1. The van der Waals surface area contributed by atoms with E-state index in [1.54, 1.807) is 18.4 Å². The summed E-state index contributed by atoms with van der Waals surface area (Å²) in [6, 6.07) is 6.44. The minimum atomic E-state index is -0.280. The summed E-state index contributed by atoms with van der Waals surface area (Å²) in [5.41, 5.74) is 5.86. The second-order valence-corrected chi connectivity index (χ2v) is 3.75. The largest absolute Gasteiger partial charge is 0.467 e. The molecule has 0 radical (unpaired) electrons. The fourth-order valence-electron chi connectivity index (χ4n) is 1.33. The van der Waals surface area contributed by atoms with Crippen LogP contribution in [-0.2, 0) is 6.54 Å². The maximum Gasteiger partial charge on any atom is 0.251 e. The number of halogens is 1. The zero-order valence-electron chi connectivity index (χ0n) is 8.81. The highest BCUT2D eigenvalue weighted by molar-refractivity contribution is 6.29. The molecule has 0 aliphatic rings. The van der Waals surface area contributed by atoms with Gasteiger partial charge in [-0.05, 0) is 24.3 Å². The summed E-state index contributed by atoms with van der Waals surface area (Å²) in [7, 11) is 0. The topological polar surface area (TPSA) is 81.2 Å². The highest BCUT2D eigenvalue weighted by Crippen LogP contribution is 2.12. The van der Waals surface area contributed by atoms with E-state index in [1.165, 1.54) is 12.1 Å². The second kappa shape index (κ2) is 4.88. The number of amides is 1. The van der Waals surface area contributed by atoms with Crippen molar-refractivity contribution < 1.29 is 9.21 Å². The molecule has 0 saturated heterocycles. The number of nitrogen functional groups attached to an aromatic ring is 1. The quantitative estimate of drug-likeness (QED) is 0.816. The number of furan rings is 1. The van der Waals surface area contributed by atoms with Crippen molar-refractivity contribution in [1.29, 1.82) is 0 Å². The maximum absolute atomic E-state index is 11.7. The van der Waals surface area contributed by atoms with Crippen molar-refractivity contribution in [1.82, 2.24) is 10.3 Å². The summed E-state index contributed by atoms with van der Waals surface area (Å²) >= 11 is 5.70. The molecule has 2 rings (SSSR count). The van der Waals surface area contributed by atoms with E-state index >= 15 is 0 Å². The monoisotopic (exact) mass is 251 g/mol. The Hall–Kier alpha value is -2.01. The van der Waals surface area contributed by atoms with Gasteiger partial charge in [-0.15, -0.1) is 0 Å². The lowest BCUT2D eigenvalue weighted by Gasteiger charge is -2.04. The fourth-order valence-corrected chi connectivity index (χ4v) is 1.55. The number of nitrogens with one attached hydrogen (secondary N) is 1. The highest BCUT2D eigenvalue weighted by Gasteiger charge is 2.08. The van der Waals surface area contributed by atoms with E-state index in [1.807, 2.05) is 0 Å². The van der Waals surface area contributed by atoms with Crippen LogP contribution in [0.1, 0.15) is 16.1 Å². The third-order valence-electron chi connectivity index (χ3n) is 2.08. The van der Waals surface area contributed by atoms with Gasteiger partial charge in [-0.2, -0.15) is 0 Å². The molecule has 88 valence electrons. The second-order valence-electron chi connectivity index (χ2n) is 3.37. The molecule has 5 nitrogen and oxygen atoms in total. The molecule has 0 aliphatic heterocycles. The van der Waals surface area contributed by atoms with Gasteiger partial charge in [0.05, 0.1) is 12.8 Å². The van der Waals surface area contributed by atoms with Crippen molar-refractivity contribution in [2.24, 2.45) is 0 Å². The summed E-state index contributed by atoms with van der Waals surface area (Å²) in [6.07, 6.45) is 1.54. The zero-order valence-corrected chi connectivity index (χ0v) is 9.57. The smallest absolute Gasteiger partial charge is 0.251 e. The standard InChI is InChI=1S/C11H10ClN3O2/c12-9-4-7(5-10(13)15-9)11(16)14-6-8-2-1-3-17-8/h1-5H,6H2,(H2,13,15)(H,14,16). The molecular formula is C11H10ClN3O2.